The Kier molecular flexibility index (Phi) is 4.41. The minimum absolute atomic E-state index is 0.0150. The van der Waals surface area contributed by atoms with Crippen LogP contribution in [0, 0.1) is 5.92 Å². The van der Waals surface area contributed by atoms with Crippen LogP contribution < -0.4 is 5.32 Å². The number of alkyl halides is 3. The van der Waals surface area contributed by atoms with Crippen molar-refractivity contribution in [2.24, 2.45) is 5.92 Å². The smallest absolute Gasteiger partial charge is 0.333 e. The molecule has 4 rings (SSSR count). The lowest BCUT2D eigenvalue weighted by Crippen LogP contribution is -2.35. The van der Waals surface area contributed by atoms with Gasteiger partial charge in [-0.2, -0.15) is 13.2 Å². The molecule has 5 nitrogen and oxygen atoms in total. The first-order valence-electron chi connectivity index (χ1n) is 8.57. The van der Waals surface area contributed by atoms with Gasteiger partial charge in [0.1, 0.15) is 0 Å². The second-order valence-corrected chi connectivity index (χ2v) is 7.79. The molecule has 1 saturated carbocycles. The first kappa shape index (κ1) is 18.0. The topological polar surface area (TPSA) is 62.3 Å². The summed E-state index contributed by atoms with van der Waals surface area (Å²) in [6, 6.07) is 4.24. The average molecular weight is 395 g/mol. The zero-order chi connectivity index (χ0) is 19.2. The molecule has 1 aromatic carbocycles. The van der Waals surface area contributed by atoms with E-state index in [4.69, 9.17) is 0 Å². The third-order valence-corrected chi connectivity index (χ3v) is 5.65. The summed E-state index contributed by atoms with van der Waals surface area (Å²) in [6.07, 6.45) is -2.05. The lowest BCUT2D eigenvalue weighted by atomic mass is 10.1. The van der Waals surface area contributed by atoms with Crippen LogP contribution in [0.5, 0.6) is 0 Å². The van der Waals surface area contributed by atoms with Crippen molar-refractivity contribution in [3.63, 3.8) is 0 Å². The van der Waals surface area contributed by atoms with Crippen molar-refractivity contribution in [2.75, 3.05) is 11.9 Å². The number of hydrogen-bond donors (Lipinski definition) is 1. The molecule has 1 aliphatic carbocycles. The van der Waals surface area contributed by atoms with Crippen LogP contribution in [0.3, 0.4) is 0 Å². The number of hydrogen-bond acceptors (Lipinski definition) is 4. The van der Waals surface area contributed by atoms with Crippen LogP contribution in [0.15, 0.2) is 24.3 Å². The summed E-state index contributed by atoms with van der Waals surface area (Å²) in [4.78, 5) is 31.4. The summed E-state index contributed by atoms with van der Waals surface area (Å²) in [5.74, 6) is -0.242. The fourth-order valence-electron chi connectivity index (χ4n) is 2.96. The number of halogens is 3. The Bertz CT molecular complexity index is 888. The monoisotopic (exact) mass is 395 g/mol. The van der Waals surface area contributed by atoms with Gasteiger partial charge in [-0.1, -0.05) is 11.3 Å². The maximum atomic E-state index is 12.7. The lowest BCUT2D eigenvalue weighted by Gasteiger charge is -2.26. The van der Waals surface area contributed by atoms with Crippen molar-refractivity contribution < 1.29 is 22.8 Å². The van der Waals surface area contributed by atoms with E-state index < -0.39 is 11.7 Å². The summed E-state index contributed by atoms with van der Waals surface area (Å²) < 4.78 is 38.0. The van der Waals surface area contributed by atoms with Crippen LogP contribution >= 0.6 is 11.3 Å². The van der Waals surface area contributed by atoms with E-state index in [0.717, 1.165) is 35.5 Å². The van der Waals surface area contributed by atoms with Gasteiger partial charge in [0.25, 0.3) is 5.91 Å². The van der Waals surface area contributed by atoms with Gasteiger partial charge in [-0.3, -0.25) is 9.59 Å². The van der Waals surface area contributed by atoms with Crippen LogP contribution in [0.2, 0.25) is 0 Å². The number of nitrogens with one attached hydrogen (secondary N) is 1. The summed E-state index contributed by atoms with van der Waals surface area (Å²) in [5.41, 5.74) is 0.305. The van der Waals surface area contributed by atoms with Crippen molar-refractivity contribution >= 4 is 28.3 Å². The van der Waals surface area contributed by atoms with E-state index in [2.05, 4.69) is 10.3 Å². The number of aromatic nitrogens is 1. The Hall–Kier alpha value is -2.42. The van der Waals surface area contributed by atoms with Gasteiger partial charge in [-0.25, -0.2) is 4.98 Å². The number of benzene rings is 1. The number of anilines is 1. The number of carbonyl (C=O) groups excluding carboxylic acids is 2. The Morgan fingerprint density at radius 1 is 1.19 bits per heavy atom. The fraction of sp³-hybridized carbons (Fsp3) is 0.389. The Balaban J connectivity index is 1.44. The van der Waals surface area contributed by atoms with E-state index in [1.165, 1.54) is 23.5 Å². The van der Waals surface area contributed by atoms with Crippen molar-refractivity contribution in [2.45, 2.75) is 32.0 Å². The van der Waals surface area contributed by atoms with Gasteiger partial charge in [-0.15, -0.1) is 0 Å². The molecule has 0 atom stereocenters. The van der Waals surface area contributed by atoms with E-state index in [0.29, 0.717) is 24.6 Å². The van der Waals surface area contributed by atoms with Gasteiger partial charge in [0.15, 0.2) is 5.13 Å². The Morgan fingerprint density at radius 2 is 1.89 bits per heavy atom. The van der Waals surface area contributed by atoms with Crippen LogP contribution in [0.1, 0.15) is 39.3 Å². The molecule has 2 aliphatic rings. The van der Waals surface area contributed by atoms with E-state index in [1.807, 2.05) is 0 Å². The van der Waals surface area contributed by atoms with E-state index in [-0.39, 0.29) is 23.3 Å². The predicted molar refractivity (Wildman–Crippen MR) is 93.4 cm³/mol. The molecule has 0 spiro atoms. The molecule has 2 amide bonds. The predicted octanol–water partition coefficient (Wildman–Crippen LogP) is 3.71. The highest BCUT2D eigenvalue weighted by Gasteiger charge is 2.32. The SMILES string of the molecule is O=C(Nc1nc2c(s1)CN(C(=O)c1ccc(C(F)(F)F)cc1)CC2)C1CC1. The van der Waals surface area contributed by atoms with Gasteiger partial charge >= 0.3 is 6.18 Å². The van der Waals surface area contributed by atoms with Gasteiger partial charge in [-0.05, 0) is 37.1 Å². The molecule has 0 radical (unpaired) electrons. The summed E-state index contributed by atoms with van der Waals surface area (Å²) >= 11 is 1.35. The lowest BCUT2D eigenvalue weighted by molar-refractivity contribution is -0.137. The van der Waals surface area contributed by atoms with Gasteiger partial charge in [0.2, 0.25) is 5.91 Å². The first-order valence-corrected chi connectivity index (χ1v) is 9.39. The van der Waals surface area contributed by atoms with Crippen molar-refractivity contribution in [3.8, 4) is 0 Å². The Labute approximate surface area is 157 Å². The fourth-order valence-corrected chi connectivity index (χ4v) is 3.99. The highest BCUT2D eigenvalue weighted by atomic mass is 32.1. The summed E-state index contributed by atoms with van der Waals surface area (Å²) in [5, 5.41) is 3.36. The van der Waals surface area contributed by atoms with E-state index in [9.17, 15) is 22.8 Å². The Morgan fingerprint density at radius 3 is 2.52 bits per heavy atom. The summed E-state index contributed by atoms with van der Waals surface area (Å²) in [6.45, 7) is 0.777. The molecule has 2 heterocycles. The zero-order valence-corrected chi connectivity index (χ0v) is 15.0. The number of thiazole rings is 1. The molecule has 0 saturated heterocycles. The van der Waals surface area contributed by atoms with E-state index >= 15 is 0 Å². The highest BCUT2D eigenvalue weighted by Crippen LogP contribution is 2.33. The third kappa shape index (κ3) is 3.83. The zero-order valence-electron chi connectivity index (χ0n) is 14.2. The quantitative estimate of drug-likeness (QED) is 0.862. The second kappa shape index (κ2) is 6.63. The van der Waals surface area contributed by atoms with Crippen LogP contribution in [-0.2, 0) is 23.9 Å². The number of rotatable bonds is 3. The first-order chi connectivity index (χ1) is 12.8. The largest absolute Gasteiger partial charge is 0.416 e. The summed E-state index contributed by atoms with van der Waals surface area (Å²) in [7, 11) is 0. The molecular formula is C18H16F3N3O2S. The molecule has 1 N–H and O–H groups in total. The van der Waals surface area contributed by atoms with Crippen LogP contribution in [0.25, 0.3) is 0 Å². The second-order valence-electron chi connectivity index (χ2n) is 6.70. The molecule has 0 unspecified atom stereocenters. The van der Waals surface area contributed by atoms with Gasteiger partial charge in [0, 0.05) is 29.3 Å². The maximum Gasteiger partial charge on any atom is 0.416 e. The molecule has 1 aromatic heterocycles. The third-order valence-electron chi connectivity index (χ3n) is 4.66. The normalized spacial score (nSPS) is 16.8. The average Bonchev–Trinajstić information content (AvgIpc) is 3.41. The van der Waals surface area contributed by atoms with Gasteiger partial charge < -0.3 is 10.2 Å². The highest BCUT2D eigenvalue weighted by molar-refractivity contribution is 7.15. The minimum Gasteiger partial charge on any atom is -0.333 e. The van der Waals surface area contributed by atoms with Crippen LogP contribution in [-0.4, -0.2) is 28.2 Å². The molecule has 27 heavy (non-hydrogen) atoms. The van der Waals surface area contributed by atoms with Crippen molar-refractivity contribution in [3.05, 3.63) is 46.0 Å². The maximum absolute atomic E-state index is 12.7. The molecular weight excluding hydrogens is 379 g/mol. The standard InChI is InChI=1S/C18H16F3N3O2S/c19-18(20,21)12-5-3-11(4-6-12)16(26)24-8-7-13-14(9-24)27-17(22-13)23-15(25)10-1-2-10/h3-6,10H,1-2,7-9H2,(H,22,23,25). The number of fused-ring (bicyclic) bond motifs is 1. The molecule has 1 aliphatic heterocycles. The van der Waals surface area contributed by atoms with E-state index in [1.54, 1.807) is 4.90 Å². The number of amides is 2. The molecule has 9 heteroatoms. The molecule has 1 fully saturated rings. The van der Waals surface area contributed by atoms with Crippen LogP contribution in [0.4, 0.5) is 18.3 Å². The number of carbonyl (C=O) groups is 2. The number of nitrogens with zero attached hydrogens (tertiary/aromatic N) is 2. The molecule has 0 bridgehead atoms. The molecule has 2 aromatic rings. The van der Waals surface area contributed by atoms with Gasteiger partial charge in [0.05, 0.1) is 17.8 Å². The van der Waals surface area contributed by atoms with Crippen molar-refractivity contribution in [1.29, 1.82) is 0 Å². The van der Waals surface area contributed by atoms with Crippen molar-refractivity contribution in [1.82, 2.24) is 9.88 Å². The minimum atomic E-state index is -4.43. The molecule has 142 valence electrons.